The molecule has 3 N–H and O–H groups in total. The van der Waals surface area contributed by atoms with Gasteiger partial charge in [-0.05, 0) is 12.8 Å². The number of anilines is 1. The molecule has 1 atom stereocenters. The van der Waals surface area contributed by atoms with Crippen molar-refractivity contribution in [2.45, 2.75) is 122 Å². The molecule has 0 spiro atoms. The third-order valence-electron chi connectivity index (χ3n) is 5.86. The number of unbranched alkanes of at least 4 members (excludes halogenated alkanes) is 13. The van der Waals surface area contributed by atoms with Crippen LogP contribution in [0.15, 0.2) is 11.0 Å². The van der Waals surface area contributed by atoms with Crippen LogP contribution in [0.3, 0.4) is 0 Å². The maximum Gasteiger partial charge on any atom is 0.349 e. The van der Waals surface area contributed by atoms with Gasteiger partial charge in [0.15, 0.2) is 11.6 Å². The lowest BCUT2D eigenvalue weighted by molar-refractivity contribution is 0.0292. The van der Waals surface area contributed by atoms with Crippen molar-refractivity contribution in [2.24, 2.45) is 0 Å². The summed E-state index contributed by atoms with van der Waals surface area (Å²) in [7, 11) is 0. The number of ether oxygens (including phenoxy) is 1. The molecule has 0 aromatic carbocycles. The van der Waals surface area contributed by atoms with Gasteiger partial charge in [-0.3, -0.25) is 4.57 Å². The molecule has 1 aromatic heterocycles. The summed E-state index contributed by atoms with van der Waals surface area (Å²) < 4.78 is 20.0. The Bertz CT molecular complexity index is 639. The number of nitrogens with zero attached hydrogens (tertiary/aromatic N) is 2. The Morgan fingerprint density at radius 1 is 0.969 bits per heavy atom. The molecular formula is C25H46FN3O3. The molecule has 7 heteroatoms. The van der Waals surface area contributed by atoms with Gasteiger partial charge >= 0.3 is 5.69 Å². The lowest BCUT2D eigenvalue weighted by atomic mass is 10.0. The molecule has 1 aromatic rings. The van der Waals surface area contributed by atoms with E-state index in [0.29, 0.717) is 26.2 Å². The minimum absolute atomic E-state index is 0.293. The molecule has 0 aliphatic rings. The number of nitrogen functional groups attached to an aromatic ring is 1. The highest BCUT2D eigenvalue weighted by molar-refractivity contribution is 5.26. The molecule has 0 radical (unpaired) electrons. The van der Waals surface area contributed by atoms with Crippen LogP contribution in [0.1, 0.15) is 110 Å². The molecule has 1 rings (SSSR count). The topological polar surface area (TPSA) is 90.4 Å². The highest BCUT2D eigenvalue weighted by Gasteiger charge is 2.06. The largest absolute Gasteiger partial charge is 0.391 e. The minimum atomic E-state index is -0.700. The fourth-order valence-electron chi connectivity index (χ4n) is 3.85. The minimum Gasteiger partial charge on any atom is -0.391 e. The molecule has 32 heavy (non-hydrogen) atoms. The summed E-state index contributed by atoms with van der Waals surface area (Å²) in [6.45, 7) is 3.26. The number of rotatable bonds is 21. The van der Waals surface area contributed by atoms with Gasteiger partial charge in [-0.1, -0.05) is 96.8 Å². The van der Waals surface area contributed by atoms with Crippen molar-refractivity contribution >= 4 is 5.82 Å². The van der Waals surface area contributed by atoms with Gasteiger partial charge in [0.05, 0.1) is 12.7 Å². The first kappa shape index (κ1) is 28.6. The molecule has 0 aliphatic heterocycles. The second-order valence-corrected chi connectivity index (χ2v) is 8.92. The zero-order valence-corrected chi connectivity index (χ0v) is 20.2. The van der Waals surface area contributed by atoms with E-state index in [9.17, 15) is 14.3 Å². The fraction of sp³-hybridized carbons (Fsp3) is 0.840. The molecule has 0 bridgehead atoms. The van der Waals surface area contributed by atoms with Gasteiger partial charge in [0.25, 0.3) is 0 Å². The SMILES string of the molecule is CCCCCCCCCCCCCCCCC(O)COCCCn1cc(F)c(N)nc1=O. The van der Waals surface area contributed by atoms with Crippen molar-refractivity contribution in [3.8, 4) is 0 Å². The van der Waals surface area contributed by atoms with Crippen LogP contribution in [-0.2, 0) is 11.3 Å². The van der Waals surface area contributed by atoms with Gasteiger partial charge in [0.2, 0.25) is 0 Å². The van der Waals surface area contributed by atoms with E-state index in [1.807, 2.05) is 0 Å². The average molecular weight is 456 g/mol. The number of aryl methyl sites for hydroxylation is 1. The second-order valence-electron chi connectivity index (χ2n) is 8.92. The summed E-state index contributed by atoms with van der Waals surface area (Å²) in [5, 5.41) is 10.0. The summed E-state index contributed by atoms with van der Waals surface area (Å²) in [6, 6.07) is 0. The zero-order valence-electron chi connectivity index (χ0n) is 20.2. The molecule has 0 saturated carbocycles. The molecule has 0 aliphatic carbocycles. The van der Waals surface area contributed by atoms with Crippen LogP contribution in [0.25, 0.3) is 0 Å². The lowest BCUT2D eigenvalue weighted by Gasteiger charge is -2.11. The molecular weight excluding hydrogens is 409 g/mol. The highest BCUT2D eigenvalue weighted by Crippen LogP contribution is 2.14. The van der Waals surface area contributed by atoms with Crippen LogP contribution in [0.4, 0.5) is 10.2 Å². The van der Waals surface area contributed by atoms with Crippen LogP contribution in [0, 0.1) is 5.82 Å². The van der Waals surface area contributed by atoms with Crippen molar-refractivity contribution in [3.05, 3.63) is 22.5 Å². The van der Waals surface area contributed by atoms with Crippen molar-refractivity contribution in [3.63, 3.8) is 0 Å². The number of aliphatic hydroxyl groups is 1. The van der Waals surface area contributed by atoms with Gasteiger partial charge < -0.3 is 15.6 Å². The standard InChI is InChI=1S/C25H46FN3O3/c1-2-3-4-5-6-7-8-9-10-11-12-13-14-15-17-22(30)21-32-19-16-18-29-20-23(26)24(27)28-25(29)31/h20,22,30H,2-19,21H2,1H3,(H2,27,28,31). The van der Waals surface area contributed by atoms with Crippen molar-refractivity contribution in [1.29, 1.82) is 0 Å². The number of nitrogens with two attached hydrogens (primary N) is 1. The summed E-state index contributed by atoms with van der Waals surface area (Å²) in [5.41, 5.74) is 4.69. The average Bonchev–Trinajstić information content (AvgIpc) is 2.77. The van der Waals surface area contributed by atoms with Crippen LogP contribution in [-0.4, -0.2) is 34.0 Å². The Balaban J connectivity index is 1.86. The molecule has 6 nitrogen and oxygen atoms in total. The van der Waals surface area contributed by atoms with E-state index in [1.54, 1.807) is 0 Å². The maximum atomic E-state index is 13.4. The summed E-state index contributed by atoms with van der Waals surface area (Å²) in [4.78, 5) is 15.0. The number of aliphatic hydroxyl groups excluding tert-OH is 1. The molecule has 1 unspecified atom stereocenters. The predicted octanol–water partition coefficient (Wildman–Crippen LogP) is 5.60. The van der Waals surface area contributed by atoms with Gasteiger partial charge in [-0.2, -0.15) is 4.98 Å². The maximum absolute atomic E-state index is 13.4. The van der Waals surface area contributed by atoms with E-state index in [2.05, 4.69) is 11.9 Å². The lowest BCUT2D eigenvalue weighted by Crippen LogP contribution is -2.25. The molecule has 0 saturated heterocycles. The van der Waals surface area contributed by atoms with E-state index >= 15 is 0 Å². The predicted molar refractivity (Wildman–Crippen MR) is 129 cm³/mol. The zero-order chi connectivity index (χ0) is 23.4. The second kappa shape index (κ2) is 19.0. The Hall–Kier alpha value is -1.47. The summed E-state index contributed by atoms with van der Waals surface area (Å²) >= 11 is 0. The number of halogens is 1. The molecule has 0 amide bonds. The number of hydrogen-bond acceptors (Lipinski definition) is 5. The first-order chi connectivity index (χ1) is 15.5. The molecule has 186 valence electrons. The van der Waals surface area contributed by atoms with E-state index < -0.39 is 17.6 Å². The van der Waals surface area contributed by atoms with Gasteiger partial charge in [-0.25, -0.2) is 9.18 Å². The summed E-state index contributed by atoms with van der Waals surface area (Å²) in [6.07, 6.45) is 20.4. The third-order valence-corrected chi connectivity index (χ3v) is 5.86. The van der Waals surface area contributed by atoms with E-state index in [1.165, 1.54) is 81.6 Å². The van der Waals surface area contributed by atoms with Crippen LogP contribution in [0.2, 0.25) is 0 Å². The smallest absolute Gasteiger partial charge is 0.349 e. The highest BCUT2D eigenvalue weighted by atomic mass is 19.1. The van der Waals surface area contributed by atoms with Gasteiger partial charge in [0, 0.05) is 19.3 Å². The van der Waals surface area contributed by atoms with E-state index in [0.717, 1.165) is 25.5 Å². The van der Waals surface area contributed by atoms with E-state index in [-0.39, 0.29) is 5.82 Å². The first-order valence-electron chi connectivity index (χ1n) is 12.8. The number of hydrogen-bond donors (Lipinski definition) is 2. The van der Waals surface area contributed by atoms with Crippen LogP contribution >= 0.6 is 0 Å². The normalized spacial score (nSPS) is 12.3. The van der Waals surface area contributed by atoms with E-state index in [4.69, 9.17) is 10.5 Å². The monoisotopic (exact) mass is 455 g/mol. The Kier molecular flexibility index (Phi) is 17.0. The summed E-state index contributed by atoms with van der Waals surface area (Å²) in [5.74, 6) is -1.08. The number of aromatic nitrogens is 2. The Morgan fingerprint density at radius 2 is 1.50 bits per heavy atom. The van der Waals surface area contributed by atoms with Gasteiger partial charge in [-0.15, -0.1) is 0 Å². The Morgan fingerprint density at radius 3 is 2.06 bits per heavy atom. The van der Waals surface area contributed by atoms with Crippen LogP contribution < -0.4 is 11.4 Å². The Labute approximate surface area is 193 Å². The molecule has 1 heterocycles. The third kappa shape index (κ3) is 14.6. The van der Waals surface area contributed by atoms with Crippen LogP contribution in [0.5, 0.6) is 0 Å². The van der Waals surface area contributed by atoms with Gasteiger partial charge in [0.1, 0.15) is 0 Å². The van der Waals surface area contributed by atoms with Crippen molar-refractivity contribution in [2.75, 3.05) is 18.9 Å². The first-order valence-corrected chi connectivity index (χ1v) is 12.8. The molecule has 0 fully saturated rings. The van der Waals surface area contributed by atoms with Crippen molar-refractivity contribution < 1.29 is 14.2 Å². The fourth-order valence-corrected chi connectivity index (χ4v) is 3.85. The quantitative estimate of drug-likeness (QED) is 0.235. The van der Waals surface area contributed by atoms with Crippen molar-refractivity contribution in [1.82, 2.24) is 9.55 Å².